The van der Waals surface area contributed by atoms with Gasteiger partial charge < -0.3 is 9.84 Å². The summed E-state index contributed by atoms with van der Waals surface area (Å²) in [4.78, 5) is 12.5. The van der Waals surface area contributed by atoms with Crippen LogP contribution in [0.15, 0.2) is 28.8 Å². The Bertz CT molecular complexity index is 615. The molecule has 1 aromatic carbocycles. The van der Waals surface area contributed by atoms with Crippen LogP contribution in [0.25, 0.3) is 0 Å². The van der Waals surface area contributed by atoms with Gasteiger partial charge in [0.25, 0.3) is 5.91 Å². The van der Waals surface area contributed by atoms with Crippen LogP contribution in [-0.4, -0.2) is 11.1 Å². The summed E-state index contributed by atoms with van der Waals surface area (Å²) in [6.45, 7) is 7.82. The molecule has 2 aromatic rings. The molecular weight excluding hydrogens is 252 g/mol. The molecule has 0 bridgehead atoms. The van der Waals surface area contributed by atoms with Crippen molar-refractivity contribution in [3.05, 3.63) is 46.8 Å². The SMILES string of the molecule is CCc1ccccc1NC(=O)c1c(C)noc1C(C)C. The second-order valence-electron chi connectivity index (χ2n) is 5.13. The van der Waals surface area contributed by atoms with Gasteiger partial charge >= 0.3 is 0 Å². The minimum atomic E-state index is -0.159. The molecule has 106 valence electrons. The second kappa shape index (κ2) is 5.90. The molecule has 0 fully saturated rings. The molecule has 1 heterocycles. The maximum atomic E-state index is 12.5. The predicted molar refractivity (Wildman–Crippen MR) is 79.1 cm³/mol. The van der Waals surface area contributed by atoms with Crippen LogP contribution >= 0.6 is 0 Å². The normalized spacial score (nSPS) is 10.8. The summed E-state index contributed by atoms with van der Waals surface area (Å²) in [6, 6.07) is 7.81. The van der Waals surface area contributed by atoms with E-state index in [-0.39, 0.29) is 11.8 Å². The molecule has 4 nitrogen and oxygen atoms in total. The molecule has 0 spiro atoms. The maximum absolute atomic E-state index is 12.5. The Morgan fingerprint density at radius 3 is 2.70 bits per heavy atom. The first-order valence-corrected chi connectivity index (χ1v) is 6.90. The van der Waals surface area contributed by atoms with Crippen LogP contribution < -0.4 is 5.32 Å². The predicted octanol–water partition coefficient (Wildman–Crippen LogP) is 3.92. The molecule has 0 saturated carbocycles. The van der Waals surface area contributed by atoms with Gasteiger partial charge in [-0.15, -0.1) is 0 Å². The number of para-hydroxylation sites is 1. The zero-order valence-electron chi connectivity index (χ0n) is 12.4. The molecule has 0 aliphatic rings. The van der Waals surface area contributed by atoms with Crippen molar-refractivity contribution >= 4 is 11.6 Å². The summed E-state index contributed by atoms with van der Waals surface area (Å²) >= 11 is 0. The minimum Gasteiger partial charge on any atom is -0.360 e. The molecule has 20 heavy (non-hydrogen) atoms. The van der Waals surface area contributed by atoms with Crippen LogP contribution in [0.1, 0.15) is 54.1 Å². The highest BCUT2D eigenvalue weighted by atomic mass is 16.5. The molecular formula is C16H20N2O2. The highest BCUT2D eigenvalue weighted by Gasteiger charge is 2.22. The van der Waals surface area contributed by atoms with E-state index < -0.39 is 0 Å². The summed E-state index contributed by atoms with van der Waals surface area (Å²) in [5, 5.41) is 6.87. The van der Waals surface area contributed by atoms with Crippen molar-refractivity contribution in [3.63, 3.8) is 0 Å². The van der Waals surface area contributed by atoms with Gasteiger partial charge in [0.2, 0.25) is 0 Å². The summed E-state index contributed by atoms with van der Waals surface area (Å²) in [5.74, 6) is 0.598. The van der Waals surface area contributed by atoms with Gasteiger partial charge in [-0.3, -0.25) is 4.79 Å². The number of hydrogen-bond acceptors (Lipinski definition) is 3. The molecule has 1 aromatic heterocycles. The lowest BCUT2D eigenvalue weighted by atomic mass is 10.0. The molecule has 2 rings (SSSR count). The Kier molecular flexibility index (Phi) is 4.23. The van der Waals surface area contributed by atoms with Crippen molar-refractivity contribution in [2.24, 2.45) is 0 Å². The highest BCUT2D eigenvalue weighted by Crippen LogP contribution is 2.24. The largest absolute Gasteiger partial charge is 0.360 e. The monoisotopic (exact) mass is 272 g/mol. The van der Waals surface area contributed by atoms with Gasteiger partial charge in [0, 0.05) is 11.6 Å². The first kappa shape index (κ1) is 14.3. The molecule has 0 aliphatic carbocycles. The number of carbonyl (C=O) groups excluding carboxylic acids is 1. The number of benzene rings is 1. The maximum Gasteiger partial charge on any atom is 0.261 e. The average molecular weight is 272 g/mol. The Balaban J connectivity index is 2.31. The topological polar surface area (TPSA) is 55.1 Å². The second-order valence-corrected chi connectivity index (χ2v) is 5.13. The van der Waals surface area contributed by atoms with Gasteiger partial charge in [0.05, 0.1) is 5.69 Å². The number of hydrogen-bond donors (Lipinski definition) is 1. The number of rotatable bonds is 4. The van der Waals surface area contributed by atoms with E-state index in [0.29, 0.717) is 17.0 Å². The van der Waals surface area contributed by atoms with Gasteiger partial charge in [0.1, 0.15) is 5.56 Å². The van der Waals surface area contributed by atoms with Crippen molar-refractivity contribution in [2.45, 2.75) is 40.0 Å². The van der Waals surface area contributed by atoms with Crippen LogP contribution in [0.5, 0.6) is 0 Å². The van der Waals surface area contributed by atoms with E-state index in [1.54, 1.807) is 6.92 Å². The van der Waals surface area contributed by atoms with E-state index in [1.165, 1.54) is 0 Å². The Morgan fingerprint density at radius 1 is 1.35 bits per heavy atom. The third-order valence-corrected chi connectivity index (χ3v) is 3.29. The average Bonchev–Trinajstić information content (AvgIpc) is 2.81. The molecule has 0 aliphatic heterocycles. The smallest absolute Gasteiger partial charge is 0.261 e. The van der Waals surface area contributed by atoms with Gasteiger partial charge in [0.15, 0.2) is 5.76 Å². The summed E-state index contributed by atoms with van der Waals surface area (Å²) in [5.41, 5.74) is 3.13. The zero-order chi connectivity index (χ0) is 14.7. The number of carbonyl (C=O) groups is 1. The van der Waals surface area contributed by atoms with Gasteiger partial charge in [-0.2, -0.15) is 0 Å². The lowest BCUT2D eigenvalue weighted by molar-refractivity contribution is 0.102. The van der Waals surface area contributed by atoms with E-state index >= 15 is 0 Å². The van der Waals surface area contributed by atoms with E-state index in [0.717, 1.165) is 17.7 Å². The van der Waals surface area contributed by atoms with Gasteiger partial charge in [-0.05, 0) is 25.0 Å². The quantitative estimate of drug-likeness (QED) is 0.917. The molecule has 0 saturated heterocycles. The summed E-state index contributed by atoms with van der Waals surface area (Å²) in [6.07, 6.45) is 0.871. The van der Waals surface area contributed by atoms with E-state index in [9.17, 15) is 4.79 Å². The molecule has 1 amide bonds. The molecule has 0 radical (unpaired) electrons. The van der Waals surface area contributed by atoms with Crippen molar-refractivity contribution < 1.29 is 9.32 Å². The fourth-order valence-corrected chi connectivity index (χ4v) is 2.19. The molecule has 0 unspecified atom stereocenters. The standard InChI is InChI=1S/C16H20N2O2/c1-5-12-8-6-7-9-13(12)17-16(19)14-11(4)18-20-15(14)10(2)3/h6-10H,5H2,1-4H3,(H,17,19). The number of aryl methyl sites for hydroxylation is 2. The van der Waals surface area contributed by atoms with Crippen LogP contribution in [-0.2, 0) is 6.42 Å². The number of nitrogens with zero attached hydrogens (tertiary/aromatic N) is 1. The van der Waals surface area contributed by atoms with E-state index in [1.807, 2.05) is 38.1 Å². The number of amides is 1. The first-order chi connectivity index (χ1) is 9.54. The molecule has 4 heteroatoms. The molecule has 0 atom stereocenters. The highest BCUT2D eigenvalue weighted by molar-refractivity contribution is 6.06. The van der Waals surface area contributed by atoms with Crippen LogP contribution in [0.3, 0.4) is 0 Å². The van der Waals surface area contributed by atoms with Crippen molar-refractivity contribution in [2.75, 3.05) is 5.32 Å². The first-order valence-electron chi connectivity index (χ1n) is 6.90. The fraction of sp³-hybridized carbons (Fsp3) is 0.375. The van der Waals surface area contributed by atoms with E-state index in [4.69, 9.17) is 4.52 Å². The third-order valence-electron chi connectivity index (χ3n) is 3.29. The lowest BCUT2D eigenvalue weighted by Crippen LogP contribution is -2.15. The number of nitrogens with one attached hydrogen (secondary N) is 1. The van der Waals surface area contributed by atoms with E-state index in [2.05, 4.69) is 17.4 Å². The van der Waals surface area contributed by atoms with Crippen LogP contribution in [0.4, 0.5) is 5.69 Å². The van der Waals surface area contributed by atoms with Crippen LogP contribution in [0, 0.1) is 6.92 Å². The van der Waals surface area contributed by atoms with Crippen molar-refractivity contribution in [3.8, 4) is 0 Å². The zero-order valence-corrected chi connectivity index (χ0v) is 12.4. The Morgan fingerprint density at radius 2 is 2.05 bits per heavy atom. The lowest BCUT2D eigenvalue weighted by Gasteiger charge is -2.10. The molecule has 1 N–H and O–H groups in total. The summed E-state index contributed by atoms with van der Waals surface area (Å²) < 4.78 is 5.26. The third kappa shape index (κ3) is 2.74. The Labute approximate surface area is 119 Å². The van der Waals surface area contributed by atoms with Gasteiger partial charge in [-0.1, -0.05) is 44.1 Å². The van der Waals surface area contributed by atoms with Crippen LogP contribution in [0.2, 0.25) is 0 Å². The number of aromatic nitrogens is 1. The van der Waals surface area contributed by atoms with Crippen molar-refractivity contribution in [1.82, 2.24) is 5.16 Å². The fourth-order valence-electron chi connectivity index (χ4n) is 2.19. The Hall–Kier alpha value is -2.10. The summed E-state index contributed by atoms with van der Waals surface area (Å²) in [7, 11) is 0. The van der Waals surface area contributed by atoms with Crippen molar-refractivity contribution in [1.29, 1.82) is 0 Å². The minimum absolute atomic E-state index is 0.123. The van der Waals surface area contributed by atoms with Gasteiger partial charge in [-0.25, -0.2) is 0 Å². The number of anilines is 1.